The van der Waals surface area contributed by atoms with E-state index in [2.05, 4.69) is 15.6 Å². The van der Waals surface area contributed by atoms with Crippen LogP contribution in [0.4, 0.5) is 5.69 Å². The van der Waals surface area contributed by atoms with Gasteiger partial charge >= 0.3 is 0 Å². The Morgan fingerprint density at radius 2 is 2.25 bits per heavy atom. The standard InChI is InChI=1S/C12H19N3O/c1-9(2)11(8-13-3)12(16)15-10-5-4-6-14-7-10/h4-7,9,11,13H,8H2,1-3H3,(H,15,16). The third-order valence-corrected chi connectivity index (χ3v) is 2.49. The summed E-state index contributed by atoms with van der Waals surface area (Å²) in [5, 5.41) is 5.91. The zero-order valence-corrected chi connectivity index (χ0v) is 10.0. The maximum atomic E-state index is 12.0. The first-order chi connectivity index (χ1) is 7.65. The van der Waals surface area contributed by atoms with Crippen LogP contribution in [0.2, 0.25) is 0 Å². The SMILES string of the molecule is CNCC(C(=O)Nc1cccnc1)C(C)C. The molecule has 1 rings (SSSR count). The van der Waals surface area contributed by atoms with Crippen molar-refractivity contribution in [3.05, 3.63) is 24.5 Å². The first kappa shape index (κ1) is 12.6. The second-order valence-electron chi connectivity index (χ2n) is 4.14. The maximum absolute atomic E-state index is 12.0. The third-order valence-electron chi connectivity index (χ3n) is 2.49. The first-order valence-corrected chi connectivity index (χ1v) is 5.50. The molecule has 4 heteroatoms. The summed E-state index contributed by atoms with van der Waals surface area (Å²) in [6.07, 6.45) is 3.33. The number of amides is 1. The van der Waals surface area contributed by atoms with Crippen LogP contribution >= 0.6 is 0 Å². The van der Waals surface area contributed by atoms with Crippen LogP contribution in [0.3, 0.4) is 0 Å². The van der Waals surface area contributed by atoms with E-state index in [1.54, 1.807) is 18.5 Å². The van der Waals surface area contributed by atoms with Gasteiger partial charge in [-0.25, -0.2) is 0 Å². The smallest absolute Gasteiger partial charge is 0.229 e. The van der Waals surface area contributed by atoms with Crippen molar-refractivity contribution in [2.75, 3.05) is 18.9 Å². The van der Waals surface area contributed by atoms with Crippen LogP contribution in [0.15, 0.2) is 24.5 Å². The van der Waals surface area contributed by atoms with Gasteiger partial charge in [0, 0.05) is 12.7 Å². The van der Waals surface area contributed by atoms with E-state index in [1.165, 1.54) is 0 Å². The summed E-state index contributed by atoms with van der Waals surface area (Å²) in [5.74, 6) is 0.326. The monoisotopic (exact) mass is 221 g/mol. The summed E-state index contributed by atoms with van der Waals surface area (Å²) < 4.78 is 0. The largest absolute Gasteiger partial charge is 0.324 e. The molecule has 0 aliphatic rings. The average Bonchev–Trinajstić information content (AvgIpc) is 2.26. The Labute approximate surface area is 96.5 Å². The van der Waals surface area contributed by atoms with Crippen LogP contribution in [0, 0.1) is 11.8 Å². The lowest BCUT2D eigenvalue weighted by Crippen LogP contribution is -2.34. The van der Waals surface area contributed by atoms with Gasteiger partial charge < -0.3 is 10.6 Å². The van der Waals surface area contributed by atoms with Crippen molar-refractivity contribution in [1.82, 2.24) is 10.3 Å². The number of nitrogens with one attached hydrogen (secondary N) is 2. The highest BCUT2D eigenvalue weighted by Crippen LogP contribution is 2.13. The molecule has 0 spiro atoms. The quantitative estimate of drug-likeness (QED) is 0.792. The van der Waals surface area contributed by atoms with Crippen molar-refractivity contribution in [3.63, 3.8) is 0 Å². The number of pyridine rings is 1. The third kappa shape index (κ3) is 3.62. The fourth-order valence-electron chi connectivity index (χ4n) is 1.52. The van der Waals surface area contributed by atoms with Crippen molar-refractivity contribution < 1.29 is 4.79 Å². The van der Waals surface area contributed by atoms with E-state index in [0.29, 0.717) is 12.5 Å². The second kappa shape index (κ2) is 6.23. The lowest BCUT2D eigenvalue weighted by atomic mass is 9.95. The highest BCUT2D eigenvalue weighted by atomic mass is 16.1. The number of hydrogen-bond acceptors (Lipinski definition) is 3. The minimum Gasteiger partial charge on any atom is -0.324 e. The Bertz CT molecular complexity index is 324. The van der Waals surface area contributed by atoms with E-state index in [0.717, 1.165) is 5.69 Å². The summed E-state index contributed by atoms with van der Waals surface area (Å²) in [5.41, 5.74) is 0.745. The molecule has 1 aromatic heterocycles. The van der Waals surface area contributed by atoms with E-state index in [-0.39, 0.29) is 11.8 Å². The number of nitrogens with zero attached hydrogens (tertiary/aromatic N) is 1. The fourth-order valence-corrected chi connectivity index (χ4v) is 1.52. The fraction of sp³-hybridized carbons (Fsp3) is 0.500. The van der Waals surface area contributed by atoms with Gasteiger partial charge in [-0.05, 0) is 25.1 Å². The van der Waals surface area contributed by atoms with Gasteiger partial charge in [-0.15, -0.1) is 0 Å². The summed E-state index contributed by atoms with van der Waals surface area (Å²) >= 11 is 0. The zero-order valence-electron chi connectivity index (χ0n) is 10.0. The van der Waals surface area contributed by atoms with Crippen molar-refractivity contribution in [1.29, 1.82) is 0 Å². The zero-order chi connectivity index (χ0) is 12.0. The number of hydrogen-bond donors (Lipinski definition) is 2. The van der Waals surface area contributed by atoms with E-state index in [9.17, 15) is 4.79 Å². The lowest BCUT2D eigenvalue weighted by Gasteiger charge is -2.19. The van der Waals surface area contributed by atoms with Crippen LogP contribution < -0.4 is 10.6 Å². The Kier molecular flexibility index (Phi) is 4.92. The summed E-state index contributed by atoms with van der Waals surface area (Å²) in [6.45, 7) is 4.78. The van der Waals surface area contributed by atoms with Crippen molar-refractivity contribution in [2.24, 2.45) is 11.8 Å². The molecular weight excluding hydrogens is 202 g/mol. The van der Waals surface area contributed by atoms with E-state index >= 15 is 0 Å². The van der Waals surface area contributed by atoms with E-state index in [1.807, 2.05) is 27.0 Å². The van der Waals surface area contributed by atoms with Crippen molar-refractivity contribution in [2.45, 2.75) is 13.8 Å². The molecule has 4 nitrogen and oxygen atoms in total. The highest BCUT2D eigenvalue weighted by molar-refractivity contribution is 5.92. The minimum atomic E-state index is -0.0230. The van der Waals surface area contributed by atoms with E-state index < -0.39 is 0 Å². The number of aromatic nitrogens is 1. The number of anilines is 1. The Morgan fingerprint density at radius 3 is 2.75 bits per heavy atom. The molecular formula is C12H19N3O. The molecule has 0 aliphatic heterocycles. The highest BCUT2D eigenvalue weighted by Gasteiger charge is 2.21. The minimum absolute atomic E-state index is 0.0230. The maximum Gasteiger partial charge on any atom is 0.229 e. The molecule has 0 fully saturated rings. The van der Waals surface area contributed by atoms with Gasteiger partial charge in [-0.3, -0.25) is 9.78 Å². The van der Waals surface area contributed by atoms with Gasteiger partial charge in [0.2, 0.25) is 5.91 Å². The number of rotatable bonds is 5. The van der Waals surface area contributed by atoms with Crippen molar-refractivity contribution >= 4 is 11.6 Å². The van der Waals surface area contributed by atoms with Gasteiger partial charge in [0.1, 0.15) is 0 Å². The summed E-state index contributed by atoms with van der Waals surface area (Å²) in [4.78, 5) is 15.9. The van der Waals surface area contributed by atoms with Gasteiger partial charge in [-0.2, -0.15) is 0 Å². The van der Waals surface area contributed by atoms with Crippen LogP contribution in [0.25, 0.3) is 0 Å². The lowest BCUT2D eigenvalue weighted by molar-refractivity contribution is -0.120. The molecule has 1 aromatic rings. The molecule has 16 heavy (non-hydrogen) atoms. The second-order valence-corrected chi connectivity index (χ2v) is 4.14. The molecule has 0 radical (unpaired) electrons. The molecule has 1 unspecified atom stereocenters. The molecule has 1 atom stereocenters. The molecule has 0 aliphatic carbocycles. The Morgan fingerprint density at radius 1 is 1.50 bits per heavy atom. The van der Waals surface area contributed by atoms with Crippen LogP contribution in [-0.2, 0) is 4.79 Å². The summed E-state index contributed by atoms with van der Waals surface area (Å²) in [6, 6.07) is 3.64. The molecule has 0 aromatic carbocycles. The molecule has 0 saturated carbocycles. The molecule has 1 amide bonds. The van der Waals surface area contributed by atoms with Crippen LogP contribution in [-0.4, -0.2) is 24.5 Å². The van der Waals surface area contributed by atoms with Gasteiger partial charge in [0.25, 0.3) is 0 Å². The van der Waals surface area contributed by atoms with E-state index in [4.69, 9.17) is 0 Å². The Hall–Kier alpha value is -1.42. The number of carbonyl (C=O) groups is 1. The molecule has 1 heterocycles. The number of carbonyl (C=O) groups excluding carboxylic acids is 1. The Balaban J connectivity index is 2.62. The summed E-state index contributed by atoms with van der Waals surface area (Å²) in [7, 11) is 1.85. The van der Waals surface area contributed by atoms with Gasteiger partial charge in [0.15, 0.2) is 0 Å². The molecule has 0 saturated heterocycles. The average molecular weight is 221 g/mol. The molecule has 88 valence electrons. The molecule has 2 N–H and O–H groups in total. The van der Waals surface area contributed by atoms with Gasteiger partial charge in [0.05, 0.1) is 17.8 Å². The first-order valence-electron chi connectivity index (χ1n) is 5.50. The normalized spacial score (nSPS) is 12.5. The van der Waals surface area contributed by atoms with Gasteiger partial charge in [-0.1, -0.05) is 13.8 Å². The molecule has 0 bridgehead atoms. The predicted octanol–water partition coefficient (Wildman–Crippen LogP) is 1.51. The van der Waals surface area contributed by atoms with Crippen LogP contribution in [0.1, 0.15) is 13.8 Å². The van der Waals surface area contributed by atoms with Crippen molar-refractivity contribution in [3.8, 4) is 0 Å². The topological polar surface area (TPSA) is 54.0 Å². The predicted molar refractivity (Wildman–Crippen MR) is 65.1 cm³/mol. The van der Waals surface area contributed by atoms with Crippen LogP contribution in [0.5, 0.6) is 0 Å².